The summed E-state index contributed by atoms with van der Waals surface area (Å²) in [6.07, 6.45) is 3.24. The molecule has 84 valence electrons. The summed E-state index contributed by atoms with van der Waals surface area (Å²) in [5.74, 6) is 0.443. The summed E-state index contributed by atoms with van der Waals surface area (Å²) >= 11 is 12.6. The molecule has 0 saturated heterocycles. The van der Waals surface area contributed by atoms with Gasteiger partial charge in [-0.1, -0.05) is 11.6 Å². The average Bonchev–Trinajstić information content (AvgIpc) is 2.54. The summed E-state index contributed by atoms with van der Waals surface area (Å²) in [6, 6.07) is 1.92. The maximum atomic E-state index is 5.81. The molecule has 2 heterocycles. The number of nitrogens with two attached hydrogens (primary N) is 1. The summed E-state index contributed by atoms with van der Waals surface area (Å²) < 4.78 is 3.41. The molecule has 2 aromatic rings. The van der Waals surface area contributed by atoms with E-state index in [1.54, 1.807) is 10.9 Å². The minimum Gasteiger partial charge on any atom is -0.383 e. The maximum absolute atomic E-state index is 5.81. The lowest BCUT2D eigenvalue weighted by atomic mass is 10.3. The Morgan fingerprint density at radius 2 is 2.12 bits per heavy atom. The van der Waals surface area contributed by atoms with Crippen molar-refractivity contribution in [1.82, 2.24) is 14.8 Å². The molecular formula is C9H7Br2ClN4. The lowest BCUT2D eigenvalue weighted by Gasteiger charge is -2.06. The molecule has 0 radical (unpaired) electrons. The fourth-order valence-electron chi connectivity index (χ4n) is 1.20. The average molecular weight is 366 g/mol. The number of rotatable bonds is 2. The second kappa shape index (κ2) is 4.73. The number of halogens is 3. The highest BCUT2D eigenvalue weighted by Gasteiger charge is 2.08. The fraction of sp³-hybridized carbons (Fsp3) is 0.111. The molecular weight excluding hydrogens is 359 g/mol. The van der Waals surface area contributed by atoms with Crippen LogP contribution in [0.1, 0.15) is 5.69 Å². The third kappa shape index (κ3) is 2.39. The van der Waals surface area contributed by atoms with Crippen LogP contribution in [0.15, 0.2) is 27.4 Å². The maximum Gasteiger partial charge on any atom is 0.141 e. The van der Waals surface area contributed by atoms with E-state index < -0.39 is 0 Å². The van der Waals surface area contributed by atoms with Gasteiger partial charge in [-0.3, -0.25) is 4.98 Å². The zero-order chi connectivity index (χ0) is 11.7. The lowest BCUT2D eigenvalue weighted by molar-refractivity contribution is 0.680. The quantitative estimate of drug-likeness (QED) is 0.889. The van der Waals surface area contributed by atoms with Crippen LogP contribution in [0.3, 0.4) is 0 Å². The summed E-state index contributed by atoms with van der Waals surface area (Å²) in [5.41, 5.74) is 6.59. The van der Waals surface area contributed by atoms with Crippen LogP contribution in [-0.2, 0) is 6.54 Å². The first-order valence-electron chi connectivity index (χ1n) is 4.34. The van der Waals surface area contributed by atoms with Gasteiger partial charge >= 0.3 is 0 Å². The largest absolute Gasteiger partial charge is 0.383 e. The minimum absolute atomic E-state index is 0.443. The van der Waals surface area contributed by atoms with Gasteiger partial charge in [-0.05, 0) is 37.9 Å². The van der Waals surface area contributed by atoms with Crippen molar-refractivity contribution in [2.45, 2.75) is 6.54 Å². The van der Waals surface area contributed by atoms with Gasteiger partial charge in [0.05, 0.1) is 18.4 Å². The van der Waals surface area contributed by atoms with Gasteiger partial charge in [-0.25, -0.2) is 4.68 Å². The van der Waals surface area contributed by atoms with Gasteiger partial charge in [0, 0.05) is 15.1 Å². The molecule has 2 N–H and O–H groups in total. The van der Waals surface area contributed by atoms with Crippen molar-refractivity contribution in [3.05, 3.63) is 38.1 Å². The molecule has 0 fully saturated rings. The third-order valence-electron chi connectivity index (χ3n) is 2.02. The van der Waals surface area contributed by atoms with Gasteiger partial charge in [0.25, 0.3) is 0 Å². The molecule has 2 rings (SSSR count). The summed E-state index contributed by atoms with van der Waals surface area (Å²) in [7, 11) is 0. The minimum atomic E-state index is 0.443. The molecule has 2 aromatic heterocycles. The van der Waals surface area contributed by atoms with Crippen molar-refractivity contribution in [2.75, 3.05) is 5.73 Å². The number of nitrogens with zero attached hydrogens (tertiary/aromatic N) is 3. The highest BCUT2D eigenvalue weighted by Crippen LogP contribution is 2.22. The van der Waals surface area contributed by atoms with E-state index in [1.807, 2.05) is 6.07 Å². The van der Waals surface area contributed by atoms with E-state index in [4.69, 9.17) is 17.3 Å². The van der Waals surface area contributed by atoms with Gasteiger partial charge in [-0.2, -0.15) is 5.10 Å². The number of anilines is 1. The van der Waals surface area contributed by atoms with Gasteiger partial charge in [-0.15, -0.1) is 0 Å². The molecule has 0 amide bonds. The molecule has 4 nitrogen and oxygen atoms in total. The zero-order valence-corrected chi connectivity index (χ0v) is 11.9. The number of hydrogen-bond donors (Lipinski definition) is 1. The lowest BCUT2D eigenvalue weighted by Crippen LogP contribution is -2.07. The second-order valence-corrected chi connectivity index (χ2v) is 5.29. The Morgan fingerprint density at radius 3 is 2.69 bits per heavy atom. The SMILES string of the molecule is Nc1c(Cl)cnn1Cc1ncc(Br)cc1Br. The van der Waals surface area contributed by atoms with Crippen LogP contribution in [0.2, 0.25) is 5.02 Å². The van der Waals surface area contributed by atoms with Gasteiger partial charge in [0.2, 0.25) is 0 Å². The molecule has 0 aliphatic carbocycles. The topological polar surface area (TPSA) is 56.7 Å². The van der Waals surface area contributed by atoms with Crippen molar-refractivity contribution >= 4 is 49.3 Å². The standard InChI is InChI=1S/C9H7Br2ClN4/c10-5-1-6(11)8(14-2-5)4-16-9(13)7(12)3-15-16/h1-3H,4,13H2. The van der Waals surface area contributed by atoms with Crippen molar-refractivity contribution in [3.8, 4) is 0 Å². The summed E-state index contributed by atoms with van der Waals surface area (Å²) in [5, 5.41) is 4.51. The first kappa shape index (κ1) is 11.9. The molecule has 0 bridgehead atoms. The monoisotopic (exact) mass is 364 g/mol. The molecule has 0 aliphatic heterocycles. The van der Waals surface area contributed by atoms with E-state index in [0.29, 0.717) is 17.4 Å². The van der Waals surface area contributed by atoms with Gasteiger partial charge in [0.1, 0.15) is 10.8 Å². The Morgan fingerprint density at radius 1 is 1.38 bits per heavy atom. The first-order chi connectivity index (χ1) is 7.58. The van der Waals surface area contributed by atoms with Gasteiger partial charge in [0.15, 0.2) is 0 Å². The molecule has 7 heteroatoms. The molecule has 0 spiro atoms. The van der Waals surface area contributed by atoms with Crippen molar-refractivity contribution in [2.24, 2.45) is 0 Å². The van der Waals surface area contributed by atoms with E-state index in [1.165, 1.54) is 6.20 Å². The predicted octanol–water partition coefficient (Wildman–Crippen LogP) is 3.09. The highest BCUT2D eigenvalue weighted by molar-refractivity contribution is 9.11. The molecule has 16 heavy (non-hydrogen) atoms. The van der Waals surface area contributed by atoms with Crippen LogP contribution in [0.25, 0.3) is 0 Å². The number of nitrogen functional groups attached to an aromatic ring is 1. The van der Waals surface area contributed by atoms with Crippen LogP contribution in [0.5, 0.6) is 0 Å². The Balaban J connectivity index is 2.30. The van der Waals surface area contributed by atoms with E-state index in [0.717, 1.165) is 14.6 Å². The normalized spacial score (nSPS) is 10.7. The van der Waals surface area contributed by atoms with E-state index in [-0.39, 0.29) is 0 Å². The first-order valence-corrected chi connectivity index (χ1v) is 6.31. The van der Waals surface area contributed by atoms with Crippen LogP contribution >= 0.6 is 43.5 Å². The molecule has 0 atom stereocenters. The van der Waals surface area contributed by atoms with Crippen LogP contribution in [-0.4, -0.2) is 14.8 Å². The molecule has 0 saturated carbocycles. The van der Waals surface area contributed by atoms with Crippen molar-refractivity contribution < 1.29 is 0 Å². The highest BCUT2D eigenvalue weighted by atomic mass is 79.9. The van der Waals surface area contributed by atoms with Gasteiger partial charge < -0.3 is 5.73 Å². The Labute approximate surface area is 114 Å². The van der Waals surface area contributed by atoms with Crippen molar-refractivity contribution in [1.29, 1.82) is 0 Å². The van der Waals surface area contributed by atoms with E-state index >= 15 is 0 Å². The molecule has 0 aliphatic rings. The predicted molar refractivity (Wildman–Crippen MR) is 70.4 cm³/mol. The summed E-state index contributed by atoms with van der Waals surface area (Å²) in [4.78, 5) is 4.27. The second-order valence-electron chi connectivity index (χ2n) is 3.12. The Hall–Kier alpha value is -0.590. The van der Waals surface area contributed by atoms with E-state index in [9.17, 15) is 0 Å². The molecule has 0 aromatic carbocycles. The zero-order valence-electron chi connectivity index (χ0n) is 7.99. The molecule has 0 unspecified atom stereocenters. The van der Waals surface area contributed by atoms with Crippen LogP contribution < -0.4 is 5.73 Å². The fourth-order valence-corrected chi connectivity index (χ4v) is 2.45. The smallest absolute Gasteiger partial charge is 0.141 e. The Kier molecular flexibility index (Phi) is 3.51. The third-order valence-corrected chi connectivity index (χ3v) is 3.43. The number of pyridine rings is 1. The number of aromatic nitrogens is 3. The van der Waals surface area contributed by atoms with E-state index in [2.05, 4.69) is 41.9 Å². The Bertz CT molecular complexity index is 526. The van der Waals surface area contributed by atoms with Crippen LogP contribution in [0.4, 0.5) is 5.82 Å². The van der Waals surface area contributed by atoms with Crippen LogP contribution in [0, 0.1) is 0 Å². The number of hydrogen-bond acceptors (Lipinski definition) is 3. The summed E-state index contributed by atoms with van der Waals surface area (Å²) in [6.45, 7) is 0.479. The van der Waals surface area contributed by atoms with Crippen molar-refractivity contribution in [3.63, 3.8) is 0 Å².